The molecule has 2 heterocycles. The molecule has 0 amide bonds. The van der Waals surface area contributed by atoms with E-state index < -0.39 is 0 Å². The predicted molar refractivity (Wildman–Crippen MR) is 84.1 cm³/mol. The number of fused-ring (bicyclic) bond motifs is 1. The third-order valence-electron chi connectivity index (χ3n) is 3.81. The highest BCUT2D eigenvalue weighted by molar-refractivity contribution is 5.82. The van der Waals surface area contributed by atoms with Gasteiger partial charge in [-0.1, -0.05) is 25.1 Å². The molecular formula is C16H21N5. The molecule has 1 unspecified atom stereocenters. The molecule has 0 aliphatic heterocycles. The molecule has 5 nitrogen and oxygen atoms in total. The van der Waals surface area contributed by atoms with Crippen LogP contribution in [-0.4, -0.2) is 26.1 Å². The van der Waals surface area contributed by atoms with Crippen molar-refractivity contribution < 1.29 is 0 Å². The van der Waals surface area contributed by atoms with Crippen LogP contribution in [0.15, 0.2) is 36.5 Å². The molecule has 0 radical (unpaired) electrons. The van der Waals surface area contributed by atoms with E-state index in [4.69, 9.17) is 5.10 Å². The van der Waals surface area contributed by atoms with Gasteiger partial charge in [0.25, 0.3) is 0 Å². The Labute approximate surface area is 124 Å². The van der Waals surface area contributed by atoms with Crippen LogP contribution in [0.3, 0.4) is 0 Å². The molecule has 0 aliphatic carbocycles. The molecule has 2 aromatic heterocycles. The van der Waals surface area contributed by atoms with E-state index in [1.807, 2.05) is 28.7 Å². The van der Waals surface area contributed by atoms with Gasteiger partial charge in [0.1, 0.15) is 0 Å². The van der Waals surface area contributed by atoms with Gasteiger partial charge >= 0.3 is 0 Å². The molecule has 1 atom stereocenters. The standard InChI is InChI=1S/C16H21N5/c1-4-17-16(14-10-11-18-21(14)5-2)15-12-8-6-7-9-13(12)20(3)19-15/h6-11,16-17H,4-5H2,1-3H3. The van der Waals surface area contributed by atoms with Crippen molar-refractivity contribution in [2.45, 2.75) is 26.4 Å². The van der Waals surface area contributed by atoms with Gasteiger partial charge < -0.3 is 5.32 Å². The van der Waals surface area contributed by atoms with E-state index in [1.54, 1.807) is 0 Å². The van der Waals surface area contributed by atoms with Crippen molar-refractivity contribution in [3.8, 4) is 0 Å². The molecule has 0 fully saturated rings. The fraction of sp³-hybridized carbons (Fsp3) is 0.375. The summed E-state index contributed by atoms with van der Waals surface area (Å²) < 4.78 is 3.97. The molecule has 0 spiro atoms. The molecule has 3 rings (SSSR count). The average molecular weight is 283 g/mol. The lowest BCUT2D eigenvalue weighted by Gasteiger charge is -2.17. The highest BCUT2D eigenvalue weighted by Crippen LogP contribution is 2.27. The van der Waals surface area contributed by atoms with E-state index in [-0.39, 0.29) is 6.04 Å². The molecule has 0 saturated heterocycles. The first-order valence-corrected chi connectivity index (χ1v) is 7.43. The van der Waals surface area contributed by atoms with Crippen LogP contribution in [0.2, 0.25) is 0 Å². The fourth-order valence-electron chi connectivity index (χ4n) is 2.85. The third-order valence-corrected chi connectivity index (χ3v) is 3.81. The Kier molecular flexibility index (Phi) is 3.75. The normalized spacial score (nSPS) is 12.9. The Morgan fingerprint density at radius 2 is 2.00 bits per heavy atom. The Morgan fingerprint density at radius 3 is 2.76 bits per heavy atom. The molecular weight excluding hydrogens is 262 g/mol. The average Bonchev–Trinajstić information content (AvgIpc) is 3.10. The summed E-state index contributed by atoms with van der Waals surface area (Å²) in [5.74, 6) is 0. The minimum atomic E-state index is 0.0588. The van der Waals surface area contributed by atoms with E-state index in [0.29, 0.717) is 0 Å². The van der Waals surface area contributed by atoms with E-state index in [9.17, 15) is 0 Å². The number of hydrogen-bond donors (Lipinski definition) is 1. The van der Waals surface area contributed by atoms with Gasteiger partial charge in [0, 0.05) is 25.2 Å². The topological polar surface area (TPSA) is 47.7 Å². The van der Waals surface area contributed by atoms with E-state index in [2.05, 4.69) is 48.5 Å². The fourth-order valence-corrected chi connectivity index (χ4v) is 2.85. The molecule has 3 aromatic rings. The number of aromatic nitrogens is 4. The summed E-state index contributed by atoms with van der Waals surface area (Å²) >= 11 is 0. The maximum atomic E-state index is 4.75. The summed E-state index contributed by atoms with van der Waals surface area (Å²) in [6.45, 7) is 5.96. The molecule has 5 heteroatoms. The first-order valence-electron chi connectivity index (χ1n) is 7.43. The Hall–Kier alpha value is -2.14. The van der Waals surface area contributed by atoms with Gasteiger partial charge in [-0.3, -0.25) is 9.36 Å². The minimum absolute atomic E-state index is 0.0588. The van der Waals surface area contributed by atoms with Crippen molar-refractivity contribution in [1.82, 2.24) is 24.9 Å². The zero-order valence-electron chi connectivity index (χ0n) is 12.7. The number of aryl methyl sites for hydroxylation is 2. The molecule has 0 aliphatic rings. The lowest BCUT2D eigenvalue weighted by Crippen LogP contribution is -2.25. The second-order valence-electron chi connectivity index (χ2n) is 5.09. The van der Waals surface area contributed by atoms with Crippen molar-refractivity contribution >= 4 is 10.9 Å². The van der Waals surface area contributed by atoms with Crippen LogP contribution >= 0.6 is 0 Å². The lowest BCUT2D eigenvalue weighted by atomic mass is 10.1. The van der Waals surface area contributed by atoms with E-state index >= 15 is 0 Å². The summed E-state index contributed by atoms with van der Waals surface area (Å²) in [7, 11) is 1.99. The Balaban J connectivity index is 2.16. The Morgan fingerprint density at radius 1 is 1.19 bits per heavy atom. The number of nitrogens with one attached hydrogen (secondary N) is 1. The number of hydrogen-bond acceptors (Lipinski definition) is 3. The van der Waals surface area contributed by atoms with E-state index in [1.165, 1.54) is 5.39 Å². The molecule has 0 bridgehead atoms. The van der Waals surface area contributed by atoms with Crippen molar-refractivity contribution in [1.29, 1.82) is 0 Å². The quantitative estimate of drug-likeness (QED) is 0.782. The first-order chi connectivity index (χ1) is 10.3. The molecule has 1 aromatic carbocycles. The number of benzene rings is 1. The number of nitrogens with zero attached hydrogens (tertiary/aromatic N) is 4. The zero-order valence-corrected chi connectivity index (χ0v) is 12.7. The van der Waals surface area contributed by atoms with Gasteiger partial charge in [0.15, 0.2) is 0 Å². The SMILES string of the molecule is CCNC(c1nn(C)c2ccccc12)c1ccnn1CC. The molecule has 21 heavy (non-hydrogen) atoms. The van der Waals surface area contributed by atoms with E-state index in [0.717, 1.165) is 30.0 Å². The van der Waals surface area contributed by atoms with Crippen LogP contribution in [0.4, 0.5) is 0 Å². The van der Waals surface area contributed by atoms with Crippen molar-refractivity contribution in [3.63, 3.8) is 0 Å². The third kappa shape index (κ3) is 2.34. The van der Waals surface area contributed by atoms with Gasteiger partial charge in [-0.2, -0.15) is 10.2 Å². The largest absolute Gasteiger partial charge is 0.304 e. The zero-order chi connectivity index (χ0) is 14.8. The van der Waals surface area contributed by atoms with Crippen LogP contribution in [0, 0.1) is 0 Å². The summed E-state index contributed by atoms with van der Waals surface area (Å²) in [6.07, 6.45) is 1.86. The predicted octanol–water partition coefficient (Wildman–Crippen LogP) is 2.49. The molecule has 1 N–H and O–H groups in total. The van der Waals surface area contributed by atoms with Gasteiger partial charge in [0.05, 0.1) is 22.9 Å². The number of para-hydroxylation sites is 1. The van der Waals surface area contributed by atoms with Crippen LogP contribution in [0.25, 0.3) is 10.9 Å². The maximum absolute atomic E-state index is 4.75. The second-order valence-corrected chi connectivity index (χ2v) is 5.09. The van der Waals surface area contributed by atoms with Crippen molar-refractivity contribution in [2.24, 2.45) is 7.05 Å². The number of rotatable bonds is 5. The minimum Gasteiger partial charge on any atom is -0.304 e. The van der Waals surface area contributed by atoms with Crippen LogP contribution in [-0.2, 0) is 13.6 Å². The van der Waals surface area contributed by atoms with Crippen LogP contribution < -0.4 is 5.32 Å². The van der Waals surface area contributed by atoms with Gasteiger partial charge in [-0.25, -0.2) is 0 Å². The summed E-state index contributed by atoms with van der Waals surface area (Å²) in [5, 5.41) is 13.9. The van der Waals surface area contributed by atoms with Gasteiger partial charge in [0.2, 0.25) is 0 Å². The first kappa shape index (κ1) is 13.8. The molecule has 0 saturated carbocycles. The van der Waals surface area contributed by atoms with Gasteiger partial charge in [-0.15, -0.1) is 0 Å². The smallest absolute Gasteiger partial charge is 0.0946 e. The van der Waals surface area contributed by atoms with Crippen LogP contribution in [0.1, 0.15) is 31.3 Å². The molecule has 110 valence electrons. The summed E-state index contributed by atoms with van der Waals surface area (Å²) in [6, 6.07) is 10.5. The monoisotopic (exact) mass is 283 g/mol. The Bertz CT molecular complexity index is 740. The van der Waals surface area contributed by atoms with Crippen LogP contribution in [0.5, 0.6) is 0 Å². The maximum Gasteiger partial charge on any atom is 0.0946 e. The van der Waals surface area contributed by atoms with Crippen molar-refractivity contribution in [3.05, 3.63) is 47.9 Å². The second kappa shape index (κ2) is 5.69. The van der Waals surface area contributed by atoms with Crippen molar-refractivity contribution in [2.75, 3.05) is 6.54 Å². The summed E-state index contributed by atoms with van der Waals surface area (Å²) in [5.41, 5.74) is 3.37. The highest BCUT2D eigenvalue weighted by Gasteiger charge is 2.22. The highest BCUT2D eigenvalue weighted by atomic mass is 15.3. The summed E-state index contributed by atoms with van der Waals surface area (Å²) in [4.78, 5) is 0. The van der Waals surface area contributed by atoms with Gasteiger partial charge in [-0.05, 0) is 25.6 Å². The lowest BCUT2D eigenvalue weighted by molar-refractivity contribution is 0.531.